The first kappa shape index (κ1) is 14.9. The Morgan fingerprint density at radius 1 is 1.40 bits per heavy atom. The highest BCUT2D eigenvalue weighted by atomic mass is 32.2. The first-order valence-corrected chi connectivity index (χ1v) is 8.12. The Labute approximate surface area is 117 Å². The molecule has 1 aliphatic heterocycles. The Morgan fingerprint density at radius 3 is 2.55 bits per heavy atom. The Balaban J connectivity index is 1.93. The van der Waals surface area contributed by atoms with Crippen molar-refractivity contribution < 1.29 is 17.6 Å². The van der Waals surface area contributed by atoms with E-state index in [1.54, 1.807) is 4.90 Å². The van der Waals surface area contributed by atoms with Crippen molar-refractivity contribution in [2.45, 2.75) is 18.9 Å². The van der Waals surface area contributed by atoms with Gasteiger partial charge in [0.25, 0.3) is 5.91 Å². The second-order valence-corrected chi connectivity index (χ2v) is 6.61. The lowest BCUT2D eigenvalue weighted by Crippen LogP contribution is -2.46. The molecule has 0 radical (unpaired) electrons. The fourth-order valence-electron chi connectivity index (χ4n) is 2.19. The maximum absolute atomic E-state index is 12.7. The van der Waals surface area contributed by atoms with E-state index < -0.39 is 16.0 Å². The molecule has 0 bridgehead atoms. The summed E-state index contributed by atoms with van der Waals surface area (Å²) in [5.41, 5.74) is 0.334. The molecule has 8 heteroatoms. The first-order chi connectivity index (χ1) is 9.35. The lowest BCUT2D eigenvalue weighted by Gasteiger charge is -2.32. The second kappa shape index (κ2) is 5.84. The molecule has 1 aromatic heterocycles. The Bertz CT molecular complexity index is 580. The normalized spacial score (nSPS) is 17.2. The third-order valence-corrected chi connectivity index (χ3v) is 3.90. The molecule has 0 atom stereocenters. The van der Waals surface area contributed by atoms with Crippen LogP contribution in [0.15, 0.2) is 18.3 Å². The van der Waals surface area contributed by atoms with E-state index in [0.717, 1.165) is 12.3 Å². The number of rotatable bonds is 3. The fourth-order valence-corrected chi connectivity index (χ4v) is 3.03. The number of piperidine rings is 1. The molecule has 0 aliphatic carbocycles. The van der Waals surface area contributed by atoms with Gasteiger partial charge in [0.1, 0.15) is 0 Å². The number of nitrogens with one attached hydrogen (secondary N) is 1. The van der Waals surface area contributed by atoms with Crippen molar-refractivity contribution in [1.29, 1.82) is 0 Å². The van der Waals surface area contributed by atoms with Crippen LogP contribution in [-0.2, 0) is 10.0 Å². The molecule has 6 nitrogen and oxygen atoms in total. The average molecular weight is 301 g/mol. The minimum atomic E-state index is -3.22. The van der Waals surface area contributed by atoms with Gasteiger partial charge in [-0.3, -0.25) is 4.79 Å². The first-order valence-electron chi connectivity index (χ1n) is 6.23. The van der Waals surface area contributed by atoms with Crippen molar-refractivity contribution >= 4 is 15.9 Å². The fraction of sp³-hybridized carbons (Fsp3) is 0.500. The third kappa shape index (κ3) is 3.97. The van der Waals surface area contributed by atoms with Gasteiger partial charge in [0, 0.05) is 25.3 Å². The van der Waals surface area contributed by atoms with Gasteiger partial charge in [-0.1, -0.05) is 0 Å². The summed E-state index contributed by atoms with van der Waals surface area (Å²) < 4.78 is 37.5. The summed E-state index contributed by atoms with van der Waals surface area (Å²) in [7, 11) is -3.22. The summed E-state index contributed by atoms with van der Waals surface area (Å²) in [6.07, 6.45) is 3.45. The molecule has 1 aromatic rings. The summed E-state index contributed by atoms with van der Waals surface area (Å²) >= 11 is 0. The summed E-state index contributed by atoms with van der Waals surface area (Å²) in [6.45, 7) is 0.923. The maximum atomic E-state index is 12.7. The lowest BCUT2D eigenvalue weighted by atomic mass is 10.1. The van der Waals surface area contributed by atoms with Crippen molar-refractivity contribution in [3.05, 3.63) is 29.8 Å². The molecule has 1 N–H and O–H groups in total. The summed E-state index contributed by atoms with van der Waals surface area (Å²) in [5.74, 6) is -0.840. The van der Waals surface area contributed by atoms with E-state index in [1.165, 1.54) is 12.3 Å². The average Bonchev–Trinajstić information content (AvgIpc) is 2.38. The molecule has 0 saturated carbocycles. The van der Waals surface area contributed by atoms with Crippen LogP contribution in [0.1, 0.15) is 23.2 Å². The van der Waals surface area contributed by atoms with Crippen LogP contribution in [0.25, 0.3) is 0 Å². The molecule has 0 aromatic carbocycles. The molecule has 1 aliphatic rings. The van der Waals surface area contributed by atoms with Gasteiger partial charge in [-0.05, 0) is 25.0 Å². The highest BCUT2D eigenvalue weighted by Crippen LogP contribution is 2.14. The number of carbonyl (C=O) groups excluding carboxylic acids is 1. The van der Waals surface area contributed by atoms with Gasteiger partial charge < -0.3 is 4.90 Å². The number of hydrogen-bond acceptors (Lipinski definition) is 4. The summed E-state index contributed by atoms with van der Waals surface area (Å²) in [6, 6.07) is 2.40. The van der Waals surface area contributed by atoms with Gasteiger partial charge in [-0.15, -0.1) is 0 Å². The van der Waals surface area contributed by atoms with Crippen LogP contribution < -0.4 is 4.72 Å². The molecule has 1 amide bonds. The molecule has 110 valence electrons. The summed E-state index contributed by atoms with van der Waals surface area (Å²) in [4.78, 5) is 17.2. The zero-order valence-corrected chi connectivity index (χ0v) is 11.9. The molecule has 0 unspecified atom stereocenters. The minimum Gasteiger partial charge on any atom is -0.338 e. The predicted molar refractivity (Wildman–Crippen MR) is 71.1 cm³/mol. The van der Waals surface area contributed by atoms with Crippen molar-refractivity contribution in [2.75, 3.05) is 19.3 Å². The number of amides is 1. The predicted octanol–water partition coefficient (Wildman–Crippen LogP) is 0.375. The molecule has 2 heterocycles. The second-order valence-electron chi connectivity index (χ2n) is 4.83. The standard InChI is InChI=1S/C12H16FN3O3S/c1-20(18,19)15-10-4-6-16(7-5-10)12(17)9-2-3-11(13)14-8-9/h2-3,8,10,15H,4-7H2,1H3. The summed E-state index contributed by atoms with van der Waals surface area (Å²) in [5, 5.41) is 0. The topological polar surface area (TPSA) is 79.4 Å². The van der Waals surface area contributed by atoms with Gasteiger partial charge >= 0.3 is 0 Å². The number of likely N-dealkylation sites (tertiary alicyclic amines) is 1. The van der Waals surface area contributed by atoms with Gasteiger partial charge in [-0.25, -0.2) is 18.1 Å². The molecule has 2 rings (SSSR count). The van der Waals surface area contributed by atoms with Gasteiger partial charge in [0.15, 0.2) is 0 Å². The Kier molecular flexibility index (Phi) is 4.34. The largest absolute Gasteiger partial charge is 0.338 e. The highest BCUT2D eigenvalue weighted by Gasteiger charge is 2.25. The molecule has 20 heavy (non-hydrogen) atoms. The van der Waals surface area contributed by atoms with Gasteiger partial charge in [0.2, 0.25) is 16.0 Å². The number of sulfonamides is 1. The van der Waals surface area contributed by atoms with E-state index in [2.05, 4.69) is 9.71 Å². The Morgan fingerprint density at radius 2 is 2.05 bits per heavy atom. The third-order valence-electron chi connectivity index (χ3n) is 3.14. The van der Waals surface area contributed by atoms with E-state index in [4.69, 9.17) is 0 Å². The van der Waals surface area contributed by atoms with Crippen LogP contribution in [0.4, 0.5) is 4.39 Å². The van der Waals surface area contributed by atoms with Crippen molar-refractivity contribution in [2.24, 2.45) is 0 Å². The molecule has 0 spiro atoms. The Hall–Kier alpha value is -1.54. The quantitative estimate of drug-likeness (QED) is 0.818. The molecule has 1 saturated heterocycles. The molecular weight excluding hydrogens is 285 g/mol. The van der Waals surface area contributed by atoms with E-state index >= 15 is 0 Å². The SMILES string of the molecule is CS(=O)(=O)NC1CCN(C(=O)c2ccc(F)nc2)CC1. The number of carbonyl (C=O) groups is 1. The number of pyridine rings is 1. The van der Waals surface area contributed by atoms with E-state index in [0.29, 0.717) is 31.5 Å². The monoisotopic (exact) mass is 301 g/mol. The van der Waals surface area contributed by atoms with Crippen LogP contribution in [0.2, 0.25) is 0 Å². The maximum Gasteiger partial charge on any atom is 0.255 e. The zero-order chi connectivity index (χ0) is 14.8. The van der Waals surface area contributed by atoms with Crippen LogP contribution in [0.5, 0.6) is 0 Å². The number of aromatic nitrogens is 1. The van der Waals surface area contributed by atoms with E-state index in [9.17, 15) is 17.6 Å². The van der Waals surface area contributed by atoms with Gasteiger partial charge in [0.05, 0.1) is 11.8 Å². The van der Waals surface area contributed by atoms with Crippen LogP contribution in [0.3, 0.4) is 0 Å². The van der Waals surface area contributed by atoms with Crippen molar-refractivity contribution in [3.8, 4) is 0 Å². The molecular formula is C12H16FN3O3S. The lowest BCUT2D eigenvalue weighted by molar-refractivity contribution is 0.0711. The van der Waals surface area contributed by atoms with Crippen LogP contribution in [-0.4, -0.2) is 49.6 Å². The van der Waals surface area contributed by atoms with Crippen LogP contribution in [0, 0.1) is 5.95 Å². The number of hydrogen-bond donors (Lipinski definition) is 1. The minimum absolute atomic E-state index is 0.139. The van der Waals surface area contributed by atoms with Crippen molar-refractivity contribution in [3.63, 3.8) is 0 Å². The zero-order valence-electron chi connectivity index (χ0n) is 11.0. The van der Waals surface area contributed by atoms with Crippen molar-refractivity contribution in [1.82, 2.24) is 14.6 Å². The molecule has 1 fully saturated rings. The van der Waals surface area contributed by atoms with Gasteiger partial charge in [-0.2, -0.15) is 4.39 Å². The van der Waals surface area contributed by atoms with Crippen LogP contribution >= 0.6 is 0 Å². The van der Waals surface area contributed by atoms with E-state index in [-0.39, 0.29) is 11.9 Å². The number of nitrogens with zero attached hydrogens (tertiary/aromatic N) is 2. The number of halogens is 1. The smallest absolute Gasteiger partial charge is 0.255 e. The highest BCUT2D eigenvalue weighted by molar-refractivity contribution is 7.88. The van der Waals surface area contributed by atoms with E-state index in [1.807, 2.05) is 0 Å².